The van der Waals surface area contributed by atoms with Crippen LogP contribution in [-0.4, -0.2) is 47.1 Å². The molecule has 114 valence electrons. The molecule has 0 unspecified atom stereocenters. The molecule has 0 aliphatic carbocycles. The number of ether oxygens (including phenoxy) is 1. The highest BCUT2D eigenvalue weighted by Crippen LogP contribution is 2.28. The molecule has 1 aromatic rings. The van der Waals surface area contributed by atoms with Crippen LogP contribution in [0.5, 0.6) is 5.75 Å². The Kier molecular flexibility index (Phi) is 5.10. The largest absolute Gasteiger partial charge is 0.487 e. The summed E-state index contributed by atoms with van der Waals surface area (Å²) >= 11 is 0. The van der Waals surface area contributed by atoms with Crippen LogP contribution in [0.2, 0.25) is 0 Å². The van der Waals surface area contributed by atoms with Gasteiger partial charge in [0, 0.05) is 18.7 Å². The number of carboxylic acid groups (broad SMARTS) is 1. The zero-order valence-electron chi connectivity index (χ0n) is 11.7. The second kappa shape index (κ2) is 7.03. The maximum absolute atomic E-state index is 10.9. The Bertz CT molecular complexity index is 526. The molecule has 0 aromatic heterocycles. The number of nitro benzene ring substituents is 1. The second-order valence-electron chi connectivity index (χ2n) is 5.00. The first-order valence-electron chi connectivity index (χ1n) is 6.95. The minimum absolute atomic E-state index is 0.0151. The molecule has 7 nitrogen and oxygen atoms in total. The van der Waals surface area contributed by atoms with Crippen molar-refractivity contribution in [2.45, 2.75) is 19.3 Å². The molecular weight excluding hydrogens is 276 g/mol. The van der Waals surface area contributed by atoms with Crippen molar-refractivity contribution in [2.24, 2.45) is 0 Å². The van der Waals surface area contributed by atoms with Gasteiger partial charge in [-0.15, -0.1) is 0 Å². The molecule has 2 rings (SSSR count). The van der Waals surface area contributed by atoms with Gasteiger partial charge in [-0.05, 0) is 38.4 Å². The molecule has 0 spiro atoms. The van der Waals surface area contributed by atoms with E-state index in [0.29, 0.717) is 6.61 Å². The molecule has 1 saturated heterocycles. The quantitative estimate of drug-likeness (QED) is 0.470. The standard InChI is InChI=1S/C14H18N2O5/c17-14(18)11-4-5-12(16(19)20)13(10-11)21-9-3-8-15-6-1-2-7-15/h4-5,10H,1-3,6-9H2,(H,17,18). The number of hydrogen-bond donors (Lipinski definition) is 1. The van der Waals surface area contributed by atoms with Crippen molar-refractivity contribution in [2.75, 3.05) is 26.2 Å². The third kappa shape index (κ3) is 4.16. The smallest absolute Gasteiger partial charge is 0.335 e. The monoisotopic (exact) mass is 294 g/mol. The number of rotatable bonds is 7. The summed E-state index contributed by atoms with van der Waals surface area (Å²) in [5, 5.41) is 19.8. The van der Waals surface area contributed by atoms with Gasteiger partial charge in [0.05, 0.1) is 17.1 Å². The predicted octanol–water partition coefficient (Wildman–Crippen LogP) is 2.16. The van der Waals surface area contributed by atoms with Gasteiger partial charge in [-0.1, -0.05) is 0 Å². The predicted molar refractivity (Wildman–Crippen MR) is 75.8 cm³/mol. The molecular formula is C14H18N2O5. The lowest BCUT2D eigenvalue weighted by Crippen LogP contribution is -2.22. The minimum Gasteiger partial charge on any atom is -0.487 e. The molecule has 1 heterocycles. The molecule has 1 aliphatic heterocycles. The Morgan fingerprint density at radius 3 is 2.71 bits per heavy atom. The van der Waals surface area contributed by atoms with E-state index in [9.17, 15) is 14.9 Å². The zero-order valence-corrected chi connectivity index (χ0v) is 11.7. The first-order valence-corrected chi connectivity index (χ1v) is 6.95. The summed E-state index contributed by atoms with van der Waals surface area (Å²) in [4.78, 5) is 23.6. The van der Waals surface area contributed by atoms with E-state index in [2.05, 4.69) is 4.90 Å². The number of nitrogens with zero attached hydrogens (tertiary/aromatic N) is 2. The van der Waals surface area contributed by atoms with Gasteiger partial charge in [0.15, 0.2) is 5.75 Å². The van der Waals surface area contributed by atoms with E-state index in [1.165, 1.54) is 31.0 Å². The SMILES string of the molecule is O=C(O)c1ccc([N+](=O)[O-])c(OCCCN2CCCC2)c1. The minimum atomic E-state index is -1.13. The first-order chi connectivity index (χ1) is 10.1. The number of hydrogen-bond acceptors (Lipinski definition) is 5. The molecule has 0 saturated carbocycles. The van der Waals surface area contributed by atoms with Gasteiger partial charge in [0.1, 0.15) is 0 Å². The van der Waals surface area contributed by atoms with Crippen molar-refractivity contribution in [3.8, 4) is 5.75 Å². The highest BCUT2D eigenvalue weighted by Gasteiger charge is 2.18. The van der Waals surface area contributed by atoms with E-state index in [1.54, 1.807) is 0 Å². The van der Waals surface area contributed by atoms with Gasteiger partial charge in [0.25, 0.3) is 0 Å². The molecule has 7 heteroatoms. The van der Waals surface area contributed by atoms with Crippen LogP contribution in [0.3, 0.4) is 0 Å². The van der Waals surface area contributed by atoms with Crippen molar-refractivity contribution in [3.05, 3.63) is 33.9 Å². The van der Waals surface area contributed by atoms with Gasteiger partial charge < -0.3 is 14.7 Å². The molecule has 0 bridgehead atoms. The van der Waals surface area contributed by atoms with E-state index >= 15 is 0 Å². The average molecular weight is 294 g/mol. The maximum Gasteiger partial charge on any atom is 0.335 e. The van der Waals surface area contributed by atoms with Crippen molar-refractivity contribution in [1.82, 2.24) is 4.90 Å². The summed E-state index contributed by atoms with van der Waals surface area (Å²) < 4.78 is 5.42. The van der Waals surface area contributed by atoms with Crippen LogP contribution >= 0.6 is 0 Å². The van der Waals surface area contributed by atoms with Crippen LogP contribution in [0.1, 0.15) is 29.6 Å². The van der Waals surface area contributed by atoms with E-state index < -0.39 is 10.9 Å². The lowest BCUT2D eigenvalue weighted by atomic mass is 10.2. The Labute approximate surface area is 122 Å². The van der Waals surface area contributed by atoms with Crippen LogP contribution in [0.15, 0.2) is 18.2 Å². The van der Waals surface area contributed by atoms with Crippen LogP contribution < -0.4 is 4.74 Å². The molecule has 0 atom stereocenters. The van der Waals surface area contributed by atoms with Crippen molar-refractivity contribution in [1.29, 1.82) is 0 Å². The third-order valence-corrected chi connectivity index (χ3v) is 3.48. The molecule has 1 aromatic carbocycles. The number of nitro groups is 1. The van der Waals surface area contributed by atoms with Crippen molar-refractivity contribution in [3.63, 3.8) is 0 Å². The number of likely N-dealkylation sites (tertiary alicyclic amines) is 1. The molecule has 1 aliphatic rings. The lowest BCUT2D eigenvalue weighted by molar-refractivity contribution is -0.385. The summed E-state index contributed by atoms with van der Waals surface area (Å²) in [7, 11) is 0. The topological polar surface area (TPSA) is 92.9 Å². The summed E-state index contributed by atoms with van der Waals surface area (Å²) in [5.41, 5.74) is -0.226. The highest BCUT2D eigenvalue weighted by molar-refractivity contribution is 5.88. The summed E-state index contributed by atoms with van der Waals surface area (Å²) in [6, 6.07) is 3.58. The average Bonchev–Trinajstić information content (AvgIpc) is 2.96. The van der Waals surface area contributed by atoms with Crippen molar-refractivity contribution >= 4 is 11.7 Å². The second-order valence-corrected chi connectivity index (χ2v) is 5.00. The summed E-state index contributed by atoms with van der Waals surface area (Å²) in [5.74, 6) is -1.12. The van der Waals surface area contributed by atoms with Gasteiger partial charge in [-0.25, -0.2) is 4.79 Å². The van der Waals surface area contributed by atoms with Crippen LogP contribution in [0.4, 0.5) is 5.69 Å². The van der Waals surface area contributed by atoms with Gasteiger partial charge >= 0.3 is 11.7 Å². The van der Waals surface area contributed by atoms with Crippen LogP contribution in [0.25, 0.3) is 0 Å². The van der Waals surface area contributed by atoms with Crippen LogP contribution in [-0.2, 0) is 0 Å². The van der Waals surface area contributed by atoms with Crippen LogP contribution in [0, 0.1) is 10.1 Å². The normalized spacial score (nSPS) is 15.0. The van der Waals surface area contributed by atoms with E-state index in [0.717, 1.165) is 26.1 Å². The highest BCUT2D eigenvalue weighted by atomic mass is 16.6. The van der Waals surface area contributed by atoms with Gasteiger partial charge in [0.2, 0.25) is 0 Å². The third-order valence-electron chi connectivity index (χ3n) is 3.48. The molecule has 0 amide bonds. The number of benzene rings is 1. The summed E-state index contributed by atoms with van der Waals surface area (Å²) in [6.07, 6.45) is 3.19. The molecule has 0 radical (unpaired) electrons. The van der Waals surface area contributed by atoms with Gasteiger partial charge in [-0.3, -0.25) is 10.1 Å². The molecule has 1 fully saturated rings. The molecule has 21 heavy (non-hydrogen) atoms. The Hall–Kier alpha value is -2.15. The Morgan fingerprint density at radius 2 is 2.10 bits per heavy atom. The van der Waals surface area contributed by atoms with E-state index in [-0.39, 0.29) is 17.0 Å². The summed E-state index contributed by atoms with van der Waals surface area (Å²) in [6.45, 7) is 3.41. The van der Waals surface area contributed by atoms with E-state index in [4.69, 9.17) is 9.84 Å². The number of carboxylic acids is 1. The zero-order chi connectivity index (χ0) is 15.2. The van der Waals surface area contributed by atoms with E-state index in [1.807, 2.05) is 0 Å². The van der Waals surface area contributed by atoms with Crippen molar-refractivity contribution < 1.29 is 19.6 Å². The fraction of sp³-hybridized carbons (Fsp3) is 0.500. The van der Waals surface area contributed by atoms with Gasteiger partial charge in [-0.2, -0.15) is 0 Å². The molecule has 1 N–H and O–H groups in total. The number of carbonyl (C=O) groups is 1. The fourth-order valence-electron chi connectivity index (χ4n) is 2.39. The number of aromatic carboxylic acids is 1. The maximum atomic E-state index is 10.9. The first kappa shape index (κ1) is 15.2. The lowest BCUT2D eigenvalue weighted by Gasteiger charge is -2.14. The Balaban J connectivity index is 1.94. The fourth-order valence-corrected chi connectivity index (χ4v) is 2.39. The Morgan fingerprint density at radius 1 is 1.38 bits per heavy atom.